The van der Waals surface area contributed by atoms with Gasteiger partial charge in [0.15, 0.2) is 0 Å². The van der Waals surface area contributed by atoms with Gasteiger partial charge in [0.2, 0.25) is 0 Å². The lowest BCUT2D eigenvalue weighted by atomic mass is 10.1. The molecule has 0 radical (unpaired) electrons. The Morgan fingerprint density at radius 3 is 2.93 bits per heavy atom. The maximum atomic E-state index is 4.77. The molecule has 0 atom stereocenters. The van der Waals surface area contributed by atoms with Gasteiger partial charge in [-0.2, -0.15) is 5.10 Å². The van der Waals surface area contributed by atoms with Gasteiger partial charge in [-0.15, -0.1) is 5.10 Å². The van der Waals surface area contributed by atoms with E-state index in [0.717, 1.165) is 11.4 Å². The standard InChI is InChI=1S/C10H9N3O/c1-2-7(1)8-5-10(12-11-6-8)9-3-4-14-13-9/h3-7H,1-2H2. The highest BCUT2D eigenvalue weighted by Crippen LogP contribution is 2.40. The summed E-state index contributed by atoms with van der Waals surface area (Å²) in [6.45, 7) is 0. The first-order valence-corrected chi connectivity index (χ1v) is 4.67. The molecule has 4 nitrogen and oxygen atoms in total. The van der Waals surface area contributed by atoms with E-state index in [1.165, 1.54) is 18.4 Å². The van der Waals surface area contributed by atoms with Gasteiger partial charge in [0.25, 0.3) is 0 Å². The fourth-order valence-corrected chi connectivity index (χ4v) is 1.49. The fourth-order valence-electron chi connectivity index (χ4n) is 1.49. The molecule has 0 N–H and O–H groups in total. The molecule has 14 heavy (non-hydrogen) atoms. The summed E-state index contributed by atoms with van der Waals surface area (Å²) in [6, 6.07) is 3.84. The van der Waals surface area contributed by atoms with Crippen molar-refractivity contribution in [2.75, 3.05) is 0 Å². The van der Waals surface area contributed by atoms with Gasteiger partial charge < -0.3 is 4.52 Å². The summed E-state index contributed by atoms with van der Waals surface area (Å²) >= 11 is 0. The Balaban J connectivity index is 2.02. The Kier molecular flexibility index (Phi) is 1.59. The van der Waals surface area contributed by atoms with Crippen LogP contribution >= 0.6 is 0 Å². The molecule has 0 amide bonds. The van der Waals surface area contributed by atoms with E-state index in [0.29, 0.717) is 5.92 Å². The molecule has 1 aliphatic carbocycles. The third-order valence-electron chi connectivity index (χ3n) is 2.42. The number of hydrogen-bond donors (Lipinski definition) is 0. The molecule has 2 aromatic heterocycles. The van der Waals surface area contributed by atoms with E-state index in [4.69, 9.17) is 4.52 Å². The highest BCUT2D eigenvalue weighted by atomic mass is 16.5. The molecule has 1 saturated carbocycles. The number of nitrogens with zero attached hydrogens (tertiary/aromatic N) is 3. The van der Waals surface area contributed by atoms with Crippen molar-refractivity contribution in [1.29, 1.82) is 0 Å². The minimum Gasteiger partial charge on any atom is -0.364 e. The maximum absolute atomic E-state index is 4.77. The smallest absolute Gasteiger partial charge is 0.134 e. The number of rotatable bonds is 2. The van der Waals surface area contributed by atoms with Crippen LogP contribution in [0.25, 0.3) is 11.4 Å². The van der Waals surface area contributed by atoms with E-state index in [2.05, 4.69) is 15.4 Å². The van der Waals surface area contributed by atoms with Crippen LogP contribution < -0.4 is 0 Å². The summed E-state index contributed by atoms with van der Waals surface area (Å²) < 4.78 is 4.77. The highest BCUT2D eigenvalue weighted by Gasteiger charge is 2.24. The van der Waals surface area contributed by atoms with Crippen LogP contribution in [0.3, 0.4) is 0 Å². The average Bonchev–Trinajstić information content (AvgIpc) is 2.94. The van der Waals surface area contributed by atoms with Gasteiger partial charge in [-0.05, 0) is 30.4 Å². The van der Waals surface area contributed by atoms with Crippen molar-refractivity contribution < 1.29 is 4.52 Å². The van der Waals surface area contributed by atoms with Crippen LogP contribution in [0.15, 0.2) is 29.1 Å². The lowest BCUT2D eigenvalue weighted by molar-refractivity contribution is 0.422. The number of aromatic nitrogens is 3. The van der Waals surface area contributed by atoms with Crippen molar-refractivity contribution in [2.45, 2.75) is 18.8 Å². The van der Waals surface area contributed by atoms with Crippen LogP contribution in [0, 0.1) is 0 Å². The van der Waals surface area contributed by atoms with Gasteiger partial charge in [0.05, 0.1) is 6.20 Å². The first-order valence-electron chi connectivity index (χ1n) is 4.67. The molecule has 1 fully saturated rings. The third-order valence-corrected chi connectivity index (χ3v) is 2.42. The van der Waals surface area contributed by atoms with Crippen molar-refractivity contribution in [2.24, 2.45) is 0 Å². The van der Waals surface area contributed by atoms with Gasteiger partial charge in [-0.25, -0.2) is 0 Å². The predicted octanol–water partition coefficient (Wildman–Crippen LogP) is 2.01. The summed E-state index contributed by atoms with van der Waals surface area (Å²) in [5.41, 5.74) is 2.81. The molecule has 0 aromatic carbocycles. The van der Waals surface area contributed by atoms with E-state index in [1.54, 1.807) is 12.3 Å². The molecular weight excluding hydrogens is 178 g/mol. The van der Waals surface area contributed by atoms with E-state index in [9.17, 15) is 0 Å². The SMILES string of the molecule is c1cc(-c2cc(C3CC3)cnn2)no1. The first kappa shape index (κ1) is 7.67. The molecule has 4 heteroatoms. The molecule has 3 rings (SSSR count). The van der Waals surface area contributed by atoms with E-state index < -0.39 is 0 Å². The van der Waals surface area contributed by atoms with Crippen LogP contribution in [0.1, 0.15) is 24.3 Å². The van der Waals surface area contributed by atoms with E-state index in [1.807, 2.05) is 12.3 Å². The highest BCUT2D eigenvalue weighted by molar-refractivity contribution is 5.53. The zero-order chi connectivity index (χ0) is 9.38. The Labute approximate surface area is 81.0 Å². The molecule has 0 aliphatic heterocycles. The summed E-state index contributed by atoms with van der Waals surface area (Å²) in [4.78, 5) is 0. The molecule has 0 spiro atoms. The first-order chi connectivity index (χ1) is 6.93. The molecule has 70 valence electrons. The summed E-state index contributed by atoms with van der Waals surface area (Å²) in [5.74, 6) is 0.691. The summed E-state index contributed by atoms with van der Waals surface area (Å²) in [5, 5.41) is 11.8. The van der Waals surface area contributed by atoms with Gasteiger partial charge in [0.1, 0.15) is 17.7 Å². The Hall–Kier alpha value is -1.71. The summed E-state index contributed by atoms with van der Waals surface area (Å²) in [6.07, 6.45) is 5.91. The topological polar surface area (TPSA) is 51.8 Å². The Morgan fingerprint density at radius 2 is 2.21 bits per heavy atom. The van der Waals surface area contributed by atoms with E-state index >= 15 is 0 Å². The molecule has 2 aromatic rings. The quantitative estimate of drug-likeness (QED) is 0.721. The predicted molar refractivity (Wildman–Crippen MR) is 49.5 cm³/mol. The lowest BCUT2D eigenvalue weighted by Gasteiger charge is -1.97. The molecule has 1 aliphatic rings. The number of hydrogen-bond acceptors (Lipinski definition) is 4. The van der Waals surface area contributed by atoms with Gasteiger partial charge in [0, 0.05) is 6.07 Å². The average molecular weight is 187 g/mol. The normalized spacial score (nSPS) is 15.7. The molecular formula is C10H9N3O. The zero-order valence-electron chi connectivity index (χ0n) is 7.55. The molecule has 2 heterocycles. The van der Waals surface area contributed by atoms with Crippen LogP contribution in [-0.2, 0) is 0 Å². The zero-order valence-corrected chi connectivity index (χ0v) is 7.55. The van der Waals surface area contributed by atoms with Crippen molar-refractivity contribution in [3.8, 4) is 11.4 Å². The monoisotopic (exact) mass is 187 g/mol. The van der Waals surface area contributed by atoms with Gasteiger partial charge in [-0.3, -0.25) is 0 Å². The Morgan fingerprint density at radius 1 is 1.29 bits per heavy atom. The minimum absolute atomic E-state index is 0.691. The van der Waals surface area contributed by atoms with Crippen molar-refractivity contribution >= 4 is 0 Å². The van der Waals surface area contributed by atoms with Crippen molar-refractivity contribution in [3.63, 3.8) is 0 Å². The molecule has 0 bridgehead atoms. The second kappa shape index (κ2) is 2.90. The minimum atomic E-state index is 0.691. The molecule has 0 unspecified atom stereocenters. The van der Waals surface area contributed by atoms with Gasteiger partial charge in [-0.1, -0.05) is 5.16 Å². The second-order valence-corrected chi connectivity index (χ2v) is 3.53. The van der Waals surface area contributed by atoms with Crippen molar-refractivity contribution in [1.82, 2.24) is 15.4 Å². The molecule has 0 saturated heterocycles. The van der Waals surface area contributed by atoms with E-state index in [-0.39, 0.29) is 0 Å². The van der Waals surface area contributed by atoms with Crippen LogP contribution in [0.2, 0.25) is 0 Å². The fraction of sp³-hybridized carbons (Fsp3) is 0.300. The lowest BCUT2D eigenvalue weighted by Crippen LogP contribution is -1.90. The van der Waals surface area contributed by atoms with Crippen LogP contribution in [0.4, 0.5) is 0 Å². The van der Waals surface area contributed by atoms with Crippen LogP contribution in [-0.4, -0.2) is 15.4 Å². The Bertz CT molecular complexity index is 434. The summed E-state index contributed by atoms with van der Waals surface area (Å²) in [7, 11) is 0. The van der Waals surface area contributed by atoms with Gasteiger partial charge >= 0.3 is 0 Å². The van der Waals surface area contributed by atoms with Crippen LogP contribution in [0.5, 0.6) is 0 Å². The second-order valence-electron chi connectivity index (χ2n) is 3.53. The van der Waals surface area contributed by atoms with Crippen molar-refractivity contribution in [3.05, 3.63) is 30.2 Å². The third kappa shape index (κ3) is 1.28. The maximum Gasteiger partial charge on any atom is 0.134 e. The largest absolute Gasteiger partial charge is 0.364 e.